The van der Waals surface area contributed by atoms with Gasteiger partial charge in [0.25, 0.3) is 0 Å². The van der Waals surface area contributed by atoms with Crippen molar-refractivity contribution in [2.75, 3.05) is 11.0 Å². The molecule has 2 aromatic carbocycles. The fraction of sp³-hybridized carbons (Fsp3) is 0.0833. The van der Waals surface area contributed by atoms with E-state index in [-0.39, 0.29) is 11.3 Å². The van der Waals surface area contributed by atoms with Gasteiger partial charge in [-0.25, -0.2) is 13.2 Å². The quantitative estimate of drug-likeness (QED) is 0.888. The molecule has 94 valence electrons. The SMILES string of the molecule is CS(=O)(=O)Nc1cc2ccccc2cc1C(=O)O. The fourth-order valence-corrected chi connectivity index (χ4v) is 2.27. The number of sulfonamides is 1. The number of rotatable bonds is 3. The Morgan fingerprint density at radius 1 is 1.17 bits per heavy atom. The lowest BCUT2D eigenvalue weighted by molar-refractivity contribution is 0.0698. The van der Waals surface area contributed by atoms with Crippen molar-refractivity contribution in [3.63, 3.8) is 0 Å². The second-order valence-corrected chi connectivity index (χ2v) is 5.67. The first kappa shape index (κ1) is 12.4. The first-order valence-electron chi connectivity index (χ1n) is 5.11. The normalized spacial score (nSPS) is 11.4. The summed E-state index contributed by atoms with van der Waals surface area (Å²) >= 11 is 0. The topological polar surface area (TPSA) is 83.5 Å². The third kappa shape index (κ3) is 2.60. The van der Waals surface area contributed by atoms with Crippen molar-refractivity contribution < 1.29 is 18.3 Å². The largest absolute Gasteiger partial charge is 0.478 e. The maximum absolute atomic E-state index is 11.2. The van der Waals surface area contributed by atoms with Gasteiger partial charge in [0.15, 0.2) is 0 Å². The van der Waals surface area contributed by atoms with Gasteiger partial charge in [-0.15, -0.1) is 0 Å². The number of benzene rings is 2. The number of hydrogen-bond donors (Lipinski definition) is 2. The van der Waals surface area contributed by atoms with Crippen LogP contribution >= 0.6 is 0 Å². The number of nitrogens with one attached hydrogen (secondary N) is 1. The van der Waals surface area contributed by atoms with E-state index in [9.17, 15) is 13.2 Å². The van der Waals surface area contributed by atoms with Gasteiger partial charge in [-0.05, 0) is 22.9 Å². The zero-order valence-electron chi connectivity index (χ0n) is 9.54. The predicted molar refractivity (Wildman–Crippen MR) is 69.4 cm³/mol. The van der Waals surface area contributed by atoms with Crippen LogP contribution in [0.15, 0.2) is 36.4 Å². The van der Waals surface area contributed by atoms with E-state index in [0.717, 1.165) is 17.0 Å². The molecule has 2 aromatic rings. The minimum Gasteiger partial charge on any atom is -0.478 e. The summed E-state index contributed by atoms with van der Waals surface area (Å²) in [6.07, 6.45) is 0.980. The molecular weight excluding hydrogens is 254 g/mol. The minimum atomic E-state index is -3.52. The average molecular weight is 265 g/mol. The fourth-order valence-electron chi connectivity index (χ4n) is 1.70. The van der Waals surface area contributed by atoms with Crippen LogP contribution in [0.5, 0.6) is 0 Å². The van der Waals surface area contributed by atoms with E-state index >= 15 is 0 Å². The summed E-state index contributed by atoms with van der Waals surface area (Å²) in [5.74, 6) is -1.17. The van der Waals surface area contributed by atoms with Gasteiger partial charge in [-0.2, -0.15) is 0 Å². The molecule has 0 saturated heterocycles. The molecule has 0 fully saturated rings. The van der Waals surface area contributed by atoms with Crippen molar-refractivity contribution >= 4 is 32.5 Å². The maximum atomic E-state index is 11.2. The molecule has 0 atom stereocenters. The molecule has 0 bridgehead atoms. The van der Waals surface area contributed by atoms with Crippen LogP contribution in [0.3, 0.4) is 0 Å². The molecule has 0 amide bonds. The summed E-state index contributed by atoms with van der Waals surface area (Å²) in [5, 5.41) is 10.6. The molecule has 0 aliphatic heterocycles. The monoisotopic (exact) mass is 265 g/mol. The molecule has 2 N–H and O–H groups in total. The number of anilines is 1. The van der Waals surface area contributed by atoms with Crippen LogP contribution in [-0.4, -0.2) is 25.7 Å². The second-order valence-electron chi connectivity index (χ2n) is 3.92. The van der Waals surface area contributed by atoms with Crippen LogP contribution < -0.4 is 4.72 Å². The van der Waals surface area contributed by atoms with Gasteiger partial charge in [0, 0.05) is 0 Å². The Morgan fingerprint density at radius 3 is 2.22 bits per heavy atom. The van der Waals surface area contributed by atoms with Crippen molar-refractivity contribution in [3.8, 4) is 0 Å². The highest BCUT2D eigenvalue weighted by molar-refractivity contribution is 7.92. The van der Waals surface area contributed by atoms with E-state index < -0.39 is 16.0 Å². The Balaban J connectivity index is 2.69. The summed E-state index contributed by atoms with van der Waals surface area (Å²) < 4.78 is 24.6. The van der Waals surface area contributed by atoms with Gasteiger partial charge in [-0.3, -0.25) is 4.72 Å². The molecule has 0 aromatic heterocycles. The summed E-state index contributed by atoms with van der Waals surface area (Å²) in [6, 6.07) is 10.1. The Bertz CT molecular complexity index is 722. The number of carboxylic acids is 1. The van der Waals surface area contributed by atoms with Crippen LogP contribution in [-0.2, 0) is 10.0 Å². The van der Waals surface area contributed by atoms with Crippen LogP contribution in [0, 0.1) is 0 Å². The van der Waals surface area contributed by atoms with Crippen molar-refractivity contribution in [2.24, 2.45) is 0 Å². The number of hydrogen-bond acceptors (Lipinski definition) is 3. The lowest BCUT2D eigenvalue weighted by Crippen LogP contribution is -2.13. The molecule has 0 aliphatic rings. The number of carboxylic acid groups (broad SMARTS) is 1. The molecule has 0 aliphatic carbocycles. The molecule has 0 unspecified atom stereocenters. The van der Waals surface area contributed by atoms with E-state index in [4.69, 9.17) is 5.11 Å². The van der Waals surface area contributed by atoms with Gasteiger partial charge in [-0.1, -0.05) is 24.3 Å². The van der Waals surface area contributed by atoms with Gasteiger partial charge in [0.1, 0.15) is 0 Å². The lowest BCUT2D eigenvalue weighted by atomic mass is 10.1. The van der Waals surface area contributed by atoms with E-state index in [1.54, 1.807) is 24.3 Å². The maximum Gasteiger partial charge on any atom is 0.337 e. The molecule has 0 heterocycles. The molecular formula is C12H11NO4S. The highest BCUT2D eigenvalue weighted by Crippen LogP contribution is 2.24. The van der Waals surface area contributed by atoms with Crippen LogP contribution in [0.4, 0.5) is 5.69 Å². The van der Waals surface area contributed by atoms with Gasteiger partial charge in [0.05, 0.1) is 17.5 Å². The molecule has 0 saturated carbocycles. The van der Waals surface area contributed by atoms with Crippen LogP contribution in [0.25, 0.3) is 10.8 Å². The highest BCUT2D eigenvalue weighted by atomic mass is 32.2. The number of aromatic carboxylic acids is 1. The van der Waals surface area contributed by atoms with Crippen LogP contribution in [0.1, 0.15) is 10.4 Å². The minimum absolute atomic E-state index is 0.0703. The zero-order valence-corrected chi connectivity index (χ0v) is 10.4. The van der Waals surface area contributed by atoms with Crippen molar-refractivity contribution in [1.29, 1.82) is 0 Å². The molecule has 0 spiro atoms. The first-order valence-corrected chi connectivity index (χ1v) is 7.00. The van der Waals surface area contributed by atoms with Crippen molar-refractivity contribution in [1.82, 2.24) is 0 Å². The summed E-state index contributed by atoms with van der Waals surface area (Å²) in [4.78, 5) is 11.1. The van der Waals surface area contributed by atoms with Gasteiger partial charge < -0.3 is 5.11 Å². The standard InChI is InChI=1S/C12H11NO4S/c1-18(16,17)13-11-7-9-5-3-2-4-8(9)6-10(11)12(14)15/h2-7,13H,1H3,(H,14,15). The van der Waals surface area contributed by atoms with E-state index in [0.29, 0.717) is 0 Å². The molecule has 5 nitrogen and oxygen atoms in total. The van der Waals surface area contributed by atoms with E-state index in [1.165, 1.54) is 12.1 Å². The van der Waals surface area contributed by atoms with E-state index in [1.807, 2.05) is 0 Å². The van der Waals surface area contributed by atoms with Gasteiger partial charge >= 0.3 is 5.97 Å². The number of fused-ring (bicyclic) bond motifs is 1. The van der Waals surface area contributed by atoms with Crippen molar-refractivity contribution in [2.45, 2.75) is 0 Å². The number of carbonyl (C=O) groups is 1. The third-order valence-electron chi connectivity index (χ3n) is 2.41. The molecule has 18 heavy (non-hydrogen) atoms. The first-order chi connectivity index (χ1) is 8.37. The van der Waals surface area contributed by atoms with Crippen LogP contribution in [0.2, 0.25) is 0 Å². The zero-order chi connectivity index (χ0) is 13.3. The average Bonchev–Trinajstić information content (AvgIpc) is 2.25. The summed E-state index contributed by atoms with van der Waals surface area (Å²) in [5.41, 5.74) is 0.00262. The Morgan fingerprint density at radius 2 is 1.72 bits per heavy atom. The smallest absolute Gasteiger partial charge is 0.337 e. The molecule has 0 radical (unpaired) electrons. The third-order valence-corrected chi connectivity index (χ3v) is 3.00. The van der Waals surface area contributed by atoms with Crippen molar-refractivity contribution in [3.05, 3.63) is 42.0 Å². The Labute approximate surface area is 104 Å². The molecule has 6 heteroatoms. The highest BCUT2D eigenvalue weighted by Gasteiger charge is 2.14. The lowest BCUT2D eigenvalue weighted by Gasteiger charge is -2.09. The molecule has 2 rings (SSSR count). The van der Waals surface area contributed by atoms with Gasteiger partial charge in [0.2, 0.25) is 10.0 Å². The van der Waals surface area contributed by atoms with E-state index in [2.05, 4.69) is 4.72 Å². The predicted octanol–water partition coefficient (Wildman–Crippen LogP) is 1.91. The summed E-state index contributed by atoms with van der Waals surface area (Å²) in [6.45, 7) is 0. The Hall–Kier alpha value is -2.08. The summed E-state index contributed by atoms with van der Waals surface area (Å²) in [7, 11) is -3.52. The second kappa shape index (κ2) is 4.30. The Kier molecular flexibility index (Phi) is 2.96.